The van der Waals surface area contributed by atoms with E-state index in [1.54, 1.807) is 18.2 Å². The Morgan fingerprint density at radius 1 is 1.28 bits per heavy atom. The lowest BCUT2D eigenvalue weighted by Gasteiger charge is -2.15. The molecule has 1 aliphatic rings. The van der Waals surface area contributed by atoms with Gasteiger partial charge in [0.15, 0.2) is 0 Å². The zero-order valence-electron chi connectivity index (χ0n) is 10.1. The van der Waals surface area contributed by atoms with Crippen molar-refractivity contribution < 1.29 is 4.21 Å². The van der Waals surface area contributed by atoms with E-state index in [9.17, 15) is 4.21 Å². The fourth-order valence-corrected chi connectivity index (χ4v) is 4.69. The van der Waals surface area contributed by atoms with Gasteiger partial charge in [-0.15, -0.1) is 0 Å². The minimum Gasteiger partial charge on any atom is -0.327 e. The van der Waals surface area contributed by atoms with Crippen molar-refractivity contribution in [1.82, 2.24) is 0 Å². The maximum absolute atomic E-state index is 12.3. The molecule has 1 fully saturated rings. The van der Waals surface area contributed by atoms with Gasteiger partial charge in [-0.2, -0.15) is 0 Å². The van der Waals surface area contributed by atoms with Gasteiger partial charge in [-0.25, -0.2) is 0 Å². The van der Waals surface area contributed by atoms with Crippen LogP contribution in [0.25, 0.3) is 0 Å². The maximum atomic E-state index is 12.3. The molecule has 1 aliphatic carbocycles. The first-order valence-electron chi connectivity index (χ1n) is 6.17. The van der Waals surface area contributed by atoms with Crippen LogP contribution < -0.4 is 5.73 Å². The van der Waals surface area contributed by atoms with Crippen LogP contribution >= 0.6 is 23.2 Å². The Morgan fingerprint density at radius 2 is 1.94 bits per heavy atom. The van der Waals surface area contributed by atoms with Crippen LogP contribution in [0.3, 0.4) is 0 Å². The van der Waals surface area contributed by atoms with Crippen molar-refractivity contribution in [2.75, 3.05) is 5.75 Å². The molecule has 3 unspecified atom stereocenters. The van der Waals surface area contributed by atoms with Gasteiger partial charge in [0.2, 0.25) is 0 Å². The highest BCUT2D eigenvalue weighted by atomic mass is 35.5. The van der Waals surface area contributed by atoms with E-state index in [2.05, 4.69) is 0 Å². The summed E-state index contributed by atoms with van der Waals surface area (Å²) in [4.78, 5) is 0.562. The van der Waals surface area contributed by atoms with Crippen molar-refractivity contribution >= 4 is 34.0 Å². The number of hydrogen-bond donors (Lipinski definition) is 1. The summed E-state index contributed by atoms with van der Waals surface area (Å²) in [6, 6.07) is 5.48. The number of rotatable bonds is 4. The molecule has 5 heteroatoms. The summed E-state index contributed by atoms with van der Waals surface area (Å²) in [5.74, 6) is 1.08. The molecule has 1 saturated carbocycles. The number of benzene rings is 1. The van der Waals surface area contributed by atoms with Gasteiger partial charge >= 0.3 is 0 Å². The number of halogens is 2. The Hall–Kier alpha value is -0.0900. The first kappa shape index (κ1) is 14.3. The van der Waals surface area contributed by atoms with Crippen molar-refractivity contribution in [3.05, 3.63) is 28.2 Å². The molecule has 100 valence electrons. The normalized spacial score (nSPS) is 25.3. The summed E-state index contributed by atoms with van der Waals surface area (Å²) < 4.78 is 12.3. The van der Waals surface area contributed by atoms with Gasteiger partial charge in [-0.3, -0.25) is 4.21 Å². The molecule has 0 heterocycles. The SMILES string of the molecule is NC1CCCC1CCS(=O)c1c(Cl)cccc1Cl. The number of nitrogens with two attached hydrogens (primary N) is 1. The van der Waals surface area contributed by atoms with Crippen LogP contribution in [0.1, 0.15) is 25.7 Å². The Morgan fingerprint density at radius 3 is 2.50 bits per heavy atom. The first-order valence-corrected chi connectivity index (χ1v) is 8.25. The van der Waals surface area contributed by atoms with Crippen molar-refractivity contribution in [2.45, 2.75) is 36.6 Å². The van der Waals surface area contributed by atoms with Gasteiger partial charge in [-0.1, -0.05) is 35.7 Å². The molecule has 0 saturated heterocycles. The molecule has 1 aromatic carbocycles. The average Bonchev–Trinajstić information content (AvgIpc) is 2.72. The van der Waals surface area contributed by atoms with Gasteiger partial charge in [0.25, 0.3) is 0 Å². The van der Waals surface area contributed by atoms with Crippen LogP contribution in [-0.2, 0) is 10.8 Å². The average molecular weight is 306 g/mol. The fraction of sp³-hybridized carbons (Fsp3) is 0.538. The van der Waals surface area contributed by atoms with Crippen molar-refractivity contribution in [3.63, 3.8) is 0 Å². The largest absolute Gasteiger partial charge is 0.327 e. The second-order valence-corrected chi connectivity index (χ2v) is 7.07. The third-order valence-corrected chi connectivity index (χ3v) is 5.89. The van der Waals surface area contributed by atoms with E-state index in [1.807, 2.05) is 0 Å². The predicted molar refractivity (Wildman–Crippen MR) is 77.7 cm³/mol. The highest BCUT2D eigenvalue weighted by Gasteiger charge is 2.24. The minimum absolute atomic E-state index is 0.267. The van der Waals surface area contributed by atoms with Crippen LogP contribution in [-0.4, -0.2) is 16.0 Å². The fourth-order valence-electron chi connectivity index (χ4n) is 2.48. The van der Waals surface area contributed by atoms with E-state index in [1.165, 1.54) is 6.42 Å². The minimum atomic E-state index is -1.14. The Kier molecular flexibility index (Phi) is 5.07. The van der Waals surface area contributed by atoms with E-state index in [-0.39, 0.29) is 6.04 Å². The molecule has 0 radical (unpaired) electrons. The molecule has 0 aliphatic heterocycles. The molecule has 0 amide bonds. The van der Waals surface area contributed by atoms with Crippen LogP contribution in [0.4, 0.5) is 0 Å². The zero-order valence-corrected chi connectivity index (χ0v) is 12.4. The standard InChI is InChI=1S/C13H17Cl2NOS/c14-10-4-2-5-11(15)13(10)18(17)8-7-9-3-1-6-12(9)16/h2,4-5,9,12H,1,3,6-8,16H2. The van der Waals surface area contributed by atoms with Crippen LogP contribution in [0.5, 0.6) is 0 Å². The van der Waals surface area contributed by atoms with Crippen LogP contribution in [0, 0.1) is 5.92 Å². The molecule has 0 bridgehead atoms. The van der Waals surface area contributed by atoms with Gasteiger partial charge in [0, 0.05) is 11.8 Å². The molecule has 3 atom stereocenters. The summed E-state index contributed by atoms with van der Waals surface area (Å²) in [6.07, 6.45) is 4.30. The summed E-state index contributed by atoms with van der Waals surface area (Å²) in [7, 11) is -1.14. The van der Waals surface area contributed by atoms with Gasteiger partial charge in [0.05, 0.1) is 25.7 Å². The lowest BCUT2D eigenvalue weighted by atomic mass is 10.0. The Balaban J connectivity index is 1.99. The van der Waals surface area contributed by atoms with Gasteiger partial charge in [-0.05, 0) is 37.3 Å². The topological polar surface area (TPSA) is 43.1 Å². The van der Waals surface area contributed by atoms with E-state index in [0.717, 1.165) is 19.3 Å². The predicted octanol–water partition coefficient (Wildman–Crippen LogP) is 3.62. The van der Waals surface area contributed by atoms with Crippen LogP contribution in [0.15, 0.2) is 23.1 Å². The zero-order chi connectivity index (χ0) is 13.1. The second kappa shape index (κ2) is 6.38. The molecular weight excluding hydrogens is 289 g/mol. The monoisotopic (exact) mass is 305 g/mol. The van der Waals surface area contributed by atoms with Gasteiger partial charge in [0.1, 0.15) is 0 Å². The van der Waals surface area contributed by atoms with E-state index in [0.29, 0.717) is 26.6 Å². The molecular formula is C13H17Cl2NOS. The highest BCUT2D eigenvalue weighted by Crippen LogP contribution is 2.31. The Bertz CT molecular complexity index is 432. The van der Waals surface area contributed by atoms with E-state index < -0.39 is 10.8 Å². The van der Waals surface area contributed by atoms with Gasteiger partial charge < -0.3 is 5.73 Å². The van der Waals surface area contributed by atoms with Crippen molar-refractivity contribution in [1.29, 1.82) is 0 Å². The lowest BCUT2D eigenvalue weighted by molar-refractivity contribution is 0.468. The molecule has 18 heavy (non-hydrogen) atoms. The summed E-state index contributed by atoms with van der Waals surface area (Å²) in [6.45, 7) is 0. The Labute approximate surface area is 120 Å². The molecule has 2 rings (SSSR count). The summed E-state index contributed by atoms with van der Waals surface area (Å²) >= 11 is 12.1. The first-order chi connectivity index (χ1) is 8.59. The molecule has 2 nitrogen and oxygen atoms in total. The van der Waals surface area contributed by atoms with E-state index >= 15 is 0 Å². The van der Waals surface area contributed by atoms with Crippen molar-refractivity contribution in [3.8, 4) is 0 Å². The summed E-state index contributed by atoms with van der Waals surface area (Å²) in [5.41, 5.74) is 6.01. The third-order valence-electron chi connectivity index (χ3n) is 3.54. The lowest BCUT2D eigenvalue weighted by Crippen LogP contribution is -2.25. The highest BCUT2D eigenvalue weighted by molar-refractivity contribution is 7.85. The maximum Gasteiger partial charge on any atom is 0.0760 e. The van der Waals surface area contributed by atoms with Crippen LogP contribution in [0.2, 0.25) is 10.0 Å². The molecule has 2 N–H and O–H groups in total. The smallest absolute Gasteiger partial charge is 0.0760 e. The van der Waals surface area contributed by atoms with E-state index in [4.69, 9.17) is 28.9 Å². The molecule has 0 spiro atoms. The molecule has 1 aromatic rings. The quantitative estimate of drug-likeness (QED) is 0.923. The summed E-state index contributed by atoms with van der Waals surface area (Å²) in [5, 5.41) is 0.966. The number of hydrogen-bond acceptors (Lipinski definition) is 2. The third kappa shape index (κ3) is 3.27. The molecule has 0 aromatic heterocycles. The van der Waals surface area contributed by atoms with Crippen molar-refractivity contribution in [2.24, 2.45) is 11.7 Å². The second-order valence-electron chi connectivity index (χ2n) is 4.74.